The smallest absolute Gasteiger partial charge is 0.341 e. The van der Waals surface area contributed by atoms with Crippen LogP contribution in [0.25, 0.3) is 0 Å². The maximum atomic E-state index is 12.1. The third kappa shape index (κ3) is 2.63. The third-order valence-corrected chi connectivity index (χ3v) is 3.32. The molecule has 0 amide bonds. The van der Waals surface area contributed by atoms with E-state index >= 15 is 0 Å². The number of carbonyl (C=O) groups is 2. The maximum Gasteiger partial charge on any atom is 0.341 e. The fourth-order valence-electron chi connectivity index (χ4n) is 2.38. The lowest BCUT2D eigenvalue weighted by atomic mass is 10.1. The molecule has 0 aliphatic carbocycles. The number of anilines is 1. The number of rotatable bonds is 4. The van der Waals surface area contributed by atoms with Crippen LogP contribution in [0.1, 0.15) is 34.6 Å². The van der Waals surface area contributed by atoms with Crippen LogP contribution in [0.2, 0.25) is 0 Å². The van der Waals surface area contributed by atoms with E-state index in [9.17, 15) is 9.59 Å². The molecule has 2 heterocycles. The number of hydrogen-bond donors (Lipinski definition) is 1. The average molecular weight is 293 g/mol. The number of carbonyl (C=O) groups excluding carboxylic acids is 2. The monoisotopic (exact) mass is 293 g/mol. The van der Waals surface area contributed by atoms with Crippen LogP contribution in [0.3, 0.4) is 0 Å². The van der Waals surface area contributed by atoms with E-state index in [-0.39, 0.29) is 29.8 Å². The first-order chi connectivity index (χ1) is 10.0. The Kier molecular flexibility index (Phi) is 4.30. The zero-order valence-electron chi connectivity index (χ0n) is 12.4. The van der Waals surface area contributed by atoms with E-state index in [2.05, 4.69) is 0 Å². The number of esters is 2. The molecule has 1 N–H and O–H groups in total. The second-order valence-electron chi connectivity index (χ2n) is 4.66. The molecular weight excluding hydrogens is 274 g/mol. The highest BCUT2D eigenvalue weighted by atomic mass is 16.5. The number of ether oxygens (including phenoxy) is 2. The molecule has 0 spiro atoms. The highest BCUT2D eigenvalue weighted by Crippen LogP contribution is 2.24. The van der Waals surface area contributed by atoms with Crippen molar-refractivity contribution in [1.82, 2.24) is 4.57 Å². The van der Waals surface area contributed by atoms with Gasteiger partial charge in [0.05, 0.1) is 13.2 Å². The van der Waals surface area contributed by atoms with Gasteiger partial charge in [0.2, 0.25) is 0 Å². The zero-order chi connectivity index (χ0) is 15.6. The fourth-order valence-corrected chi connectivity index (χ4v) is 2.38. The van der Waals surface area contributed by atoms with Crippen LogP contribution in [-0.2, 0) is 16.0 Å². The van der Waals surface area contributed by atoms with E-state index in [4.69, 9.17) is 14.9 Å². The summed E-state index contributed by atoms with van der Waals surface area (Å²) in [5.41, 5.74) is 0.427. The molecule has 7 nitrogen and oxygen atoms in total. The molecule has 1 aromatic heterocycles. The Hall–Kier alpha value is -2.31. The SMILES string of the molecule is CCOC(=O)c1cc(C(=O)OCC)c(=N)n2c1N(C)CC2. The van der Waals surface area contributed by atoms with Gasteiger partial charge in [0.15, 0.2) is 0 Å². The number of nitrogens with zero attached hydrogens (tertiary/aromatic N) is 2. The van der Waals surface area contributed by atoms with Crippen molar-refractivity contribution in [3.63, 3.8) is 0 Å². The molecule has 0 saturated heterocycles. The van der Waals surface area contributed by atoms with Crippen LogP contribution in [-0.4, -0.2) is 43.3 Å². The molecule has 0 atom stereocenters. The molecule has 0 unspecified atom stereocenters. The lowest BCUT2D eigenvalue weighted by molar-refractivity contribution is 0.0522. The topological polar surface area (TPSA) is 84.6 Å². The summed E-state index contributed by atoms with van der Waals surface area (Å²) in [7, 11) is 1.84. The Morgan fingerprint density at radius 2 is 1.71 bits per heavy atom. The lowest BCUT2D eigenvalue weighted by Crippen LogP contribution is -2.29. The minimum Gasteiger partial charge on any atom is -0.462 e. The quantitative estimate of drug-likeness (QED) is 0.829. The van der Waals surface area contributed by atoms with Crippen molar-refractivity contribution in [2.75, 3.05) is 31.7 Å². The van der Waals surface area contributed by atoms with Crippen molar-refractivity contribution >= 4 is 17.8 Å². The maximum absolute atomic E-state index is 12.1. The molecule has 0 saturated carbocycles. The van der Waals surface area contributed by atoms with E-state index in [0.29, 0.717) is 18.9 Å². The normalized spacial score (nSPS) is 13.0. The van der Waals surface area contributed by atoms with Gasteiger partial charge in [0.1, 0.15) is 22.4 Å². The van der Waals surface area contributed by atoms with E-state index in [0.717, 1.165) is 0 Å². The number of likely N-dealkylation sites (N-methyl/N-ethyl adjacent to an activating group) is 1. The van der Waals surface area contributed by atoms with Gasteiger partial charge in [-0.1, -0.05) is 0 Å². The van der Waals surface area contributed by atoms with E-state index in [1.807, 2.05) is 11.9 Å². The van der Waals surface area contributed by atoms with Crippen molar-refractivity contribution in [3.8, 4) is 0 Å². The number of hydrogen-bond acceptors (Lipinski definition) is 6. The second-order valence-corrected chi connectivity index (χ2v) is 4.66. The molecular formula is C14H19N3O4. The molecule has 0 fully saturated rings. The Morgan fingerprint density at radius 1 is 1.14 bits per heavy atom. The average Bonchev–Trinajstić information content (AvgIpc) is 2.83. The van der Waals surface area contributed by atoms with Crippen molar-refractivity contribution in [3.05, 3.63) is 22.7 Å². The number of fused-ring (bicyclic) bond motifs is 1. The summed E-state index contributed by atoms with van der Waals surface area (Å²) in [6.45, 7) is 5.10. The molecule has 114 valence electrons. The van der Waals surface area contributed by atoms with Crippen LogP contribution in [0.5, 0.6) is 0 Å². The Morgan fingerprint density at radius 3 is 2.29 bits per heavy atom. The van der Waals surface area contributed by atoms with Crippen LogP contribution in [0, 0.1) is 5.41 Å². The highest BCUT2D eigenvalue weighted by Gasteiger charge is 2.28. The summed E-state index contributed by atoms with van der Waals surface area (Å²) in [5, 5.41) is 8.15. The fraction of sp³-hybridized carbons (Fsp3) is 0.500. The van der Waals surface area contributed by atoms with Gasteiger partial charge in [-0.05, 0) is 19.9 Å². The van der Waals surface area contributed by atoms with Gasteiger partial charge >= 0.3 is 11.9 Å². The summed E-state index contributed by atoms with van der Waals surface area (Å²) in [6, 6.07) is 1.39. The highest BCUT2D eigenvalue weighted by molar-refractivity contribution is 5.99. The first-order valence-electron chi connectivity index (χ1n) is 6.89. The van der Waals surface area contributed by atoms with Gasteiger partial charge in [0, 0.05) is 20.1 Å². The number of pyridine rings is 1. The van der Waals surface area contributed by atoms with Crippen molar-refractivity contribution in [1.29, 1.82) is 5.41 Å². The molecule has 0 aromatic carbocycles. The second kappa shape index (κ2) is 5.99. The van der Waals surface area contributed by atoms with E-state index in [1.54, 1.807) is 18.4 Å². The Bertz CT molecular complexity index is 636. The van der Waals surface area contributed by atoms with Gasteiger partial charge < -0.3 is 18.9 Å². The lowest BCUT2D eigenvalue weighted by Gasteiger charge is -2.17. The summed E-state index contributed by atoms with van der Waals surface area (Å²) in [6.07, 6.45) is 0. The summed E-state index contributed by atoms with van der Waals surface area (Å²) in [4.78, 5) is 26.0. The predicted octanol–water partition coefficient (Wildman–Crippen LogP) is 0.771. The Balaban J connectivity index is 2.61. The summed E-state index contributed by atoms with van der Waals surface area (Å²) in [5.74, 6) is -0.495. The van der Waals surface area contributed by atoms with Crippen LogP contribution in [0.15, 0.2) is 6.07 Å². The summed E-state index contributed by atoms with van der Waals surface area (Å²) >= 11 is 0. The zero-order valence-corrected chi connectivity index (χ0v) is 12.4. The van der Waals surface area contributed by atoms with Crippen LogP contribution in [0.4, 0.5) is 5.82 Å². The number of nitrogens with one attached hydrogen (secondary N) is 1. The summed E-state index contributed by atoms with van der Waals surface area (Å²) < 4.78 is 11.6. The molecule has 1 aromatic rings. The van der Waals surface area contributed by atoms with Gasteiger partial charge in [-0.15, -0.1) is 0 Å². The van der Waals surface area contributed by atoms with Gasteiger partial charge in [-0.3, -0.25) is 5.41 Å². The van der Waals surface area contributed by atoms with Crippen molar-refractivity contribution in [2.45, 2.75) is 20.4 Å². The van der Waals surface area contributed by atoms with Gasteiger partial charge in [-0.2, -0.15) is 0 Å². The third-order valence-electron chi connectivity index (χ3n) is 3.32. The molecule has 1 aliphatic heterocycles. The van der Waals surface area contributed by atoms with Crippen molar-refractivity contribution < 1.29 is 19.1 Å². The van der Waals surface area contributed by atoms with E-state index < -0.39 is 11.9 Å². The number of aromatic nitrogens is 1. The molecule has 0 radical (unpaired) electrons. The molecule has 7 heteroatoms. The molecule has 1 aliphatic rings. The van der Waals surface area contributed by atoms with Crippen LogP contribution >= 0.6 is 0 Å². The largest absolute Gasteiger partial charge is 0.462 e. The van der Waals surface area contributed by atoms with E-state index in [1.165, 1.54) is 6.07 Å². The minimum atomic E-state index is -0.599. The minimum absolute atomic E-state index is 0.0563. The predicted molar refractivity (Wildman–Crippen MR) is 75.5 cm³/mol. The van der Waals surface area contributed by atoms with Crippen LogP contribution < -0.4 is 10.4 Å². The first-order valence-corrected chi connectivity index (χ1v) is 6.89. The van der Waals surface area contributed by atoms with Gasteiger partial charge in [0.25, 0.3) is 0 Å². The standard InChI is InChI=1S/C14H19N3O4/c1-4-20-13(18)9-8-10(14(19)21-5-2)12-16(3)6-7-17(12)11(9)15/h8,15H,4-7H2,1-3H3. The Labute approximate surface area is 122 Å². The van der Waals surface area contributed by atoms with Crippen molar-refractivity contribution in [2.24, 2.45) is 0 Å². The molecule has 2 rings (SSSR count). The molecule has 0 bridgehead atoms. The first kappa shape index (κ1) is 15.1. The molecule has 21 heavy (non-hydrogen) atoms. The van der Waals surface area contributed by atoms with Gasteiger partial charge in [-0.25, -0.2) is 9.59 Å².